The molecule has 260 valence electrons. The number of rotatable bonds is 12. The molecule has 1 aliphatic heterocycles. The molecule has 51 heavy (non-hydrogen) atoms. The molecule has 6 aromatic rings. The summed E-state index contributed by atoms with van der Waals surface area (Å²) in [4.78, 5) is 26.6. The molecule has 3 N–H and O–H groups in total. The van der Waals surface area contributed by atoms with Gasteiger partial charge in [-0.15, -0.1) is 0 Å². The molecule has 3 aromatic heterocycles. The maximum Gasteiger partial charge on any atom is 0.232 e. The second-order valence-corrected chi connectivity index (χ2v) is 14.1. The number of hydrogen-bond acceptors (Lipinski definition) is 9. The van der Waals surface area contributed by atoms with Crippen LogP contribution in [0.2, 0.25) is 0 Å². The van der Waals surface area contributed by atoms with Crippen LogP contribution in [0.4, 0.5) is 17.6 Å². The van der Waals surface area contributed by atoms with E-state index in [1.165, 1.54) is 6.08 Å². The standard InChI is InChI=1S/C41H44N8O2/c1-6-31(50)21-27-14-15-35-28(20-27)17-19-42-37(35)34-13-8-7-10-29(34)23-43-40-48-39(47-38-36(26(2)3)25-45-49(38)40)46-30-11-9-12-32(22-30)51-33-16-18-41(4,5)44-24-33/h6-15,17,19-20,22,25-26,33,44H,1,16,18,21,23-24H2,2-5H3,(H2,43,46,47,48). The van der Waals surface area contributed by atoms with E-state index in [1.54, 1.807) is 4.52 Å². The van der Waals surface area contributed by atoms with Gasteiger partial charge in [-0.2, -0.15) is 19.6 Å². The largest absolute Gasteiger partial charge is 0.489 e. The average Bonchev–Trinajstić information content (AvgIpc) is 3.56. The van der Waals surface area contributed by atoms with Crippen LogP contribution in [-0.2, 0) is 17.8 Å². The molecule has 7 rings (SSSR count). The predicted octanol–water partition coefficient (Wildman–Crippen LogP) is 8.03. The molecule has 1 fully saturated rings. The number of allylic oxidation sites excluding steroid dienone is 1. The van der Waals surface area contributed by atoms with Gasteiger partial charge in [-0.25, -0.2) is 0 Å². The molecule has 0 spiro atoms. The third-order valence-corrected chi connectivity index (χ3v) is 9.45. The number of carbonyl (C=O) groups excluding carboxylic acids is 1. The Morgan fingerprint density at radius 2 is 1.96 bits per heavy atom. The average molecular weight is 681 g/mol. The Morgan fingerprint density at radius 3 is 2.76 bits per heavy atom. The summed E-state index contributed by atoms with van der Waals surface area (Å²) >= 11 is 0. The Hall–Kier alpha value is -5.61. The molecule has 10 nitrogen and oxygen atoms in total. The molecule has 1 saturated heterocycles. The van der Waals surface area contributed by atoms with Gasteiger partial charge in [-0.1, -0.05) is 69.0 Å². The molecule has 0 aliphatic carbocycles. The summed E-state index contributed by atoms with van der Waals surface area (Å²) in [5.74, 6) is 2.04. The van der Waals surface area contributed by atoms with Crippen LogP contribution in [0.15, 0.2) is 97.8 Å². The molecule has 1 aliphatic rings. The molecule has 0 radical (unpaired) electrons. The summed E-state index contributed by atoms with van der Waals surface area (Å²) in [5, 5.41) is 17.3. The zero-order valence-electron chi connectivity index (χ0n) is 29.6. The van der Waals surface area contributed by atoms with Crippen molar-refractivity contribution in [1.82, 2.24) is 29.9 Å². The normalized spacial score (nSPS) is 15.6. The number of aromatic nitrogens is 5. The van der Waals surface area contributed by atoms with Crippen molar-refractivity contribution in [1.29, 1.82) is 0 Å². The lowest BCUT2D eigenvalue weighted by molar-refractivity contribution is -0.114. The number of fused-ring (bicyclic) bond motifs is 2. The third kappa shape index (κ3) is 7.61. The molecular formula is C41H44N8O2. The van der Waals surface area contributed by atoms with Crippen LogP contribution in [0.5, 0.6) is 5.75 Å². The van der Waals surface area contributed by atoms with Gasteiger partial charge in [0.25, 0.3) is 0 Å². The van der Waals surface area contributed by atoms with Gasteiger partial charge in [0.15, 0.2) is 11.4 Å². The quantitative estimate of drug-likeness (QED) is 0.110. The highest BCUT2D eigenvalue weighted by Crippen LogP contribution is 2.31. The summed E-state index contributed by atoms with van der Waals surface area (Å²) in [5.41, 5.74) is 6.62. The first-order valence-electron chi connectivity index (χ1n) is 17.6. The van der Waals surface area contributed by atoms with Crippen molar-refractivity contribution in [2.24, 2.45) is 0 Å². The molecule has 0 bridgehead atoms. The number of ketones is 1. The van der Waals surface area contributed by atoms with E-state index in [2.05, 4.69) is 73.5 Å². The highest BCUT2D eigenvalue weighted by atomic mass is 16.5. The van der Waals surface area contributed by atoms with Gasteiger partial charge in [0.05, 0.1) is 11.9 Å². The monoisotopic (exact) mass is 680 g/mol. The zero-order chi connectivity index (χ0) is 35.5. The lowest BCUT2D eigenvalue weighted by Crippen LogP contribution is -2.50. The SMILES string of the molecule is C=CC(=O)Cc1ccc2c(-c3ccccc3CNc3nc(Nc4cccc(OC5CCC(C)(C)NC5)c4)nc4c(C(C)C)cnn34)nccc2c1. The highest BCUT2D eigenvalue weighted by molar-refractivity contribution is 5.97. The van der Waals surface area contributed by atoms with Gasteiger partial charge >= 0.3 is 0 Å². The van der Waals surface area contributed by atoms with E-state index >= 15 is 0 Å². The fourth-order valence-corrected chi connectivity index (χ4v) is 6.55. The number of nitrogens with one attached hydrogen (secondary N) is 3. The van der Waals surface area contributed by atoms with Crippen molar-refractivity contribution in [2.45, 2.75) is 71.1 Å². The number of piperidine rings is 1. The Labute approximate surface area is 298 Å². The smallest absolute Gasteiger partial charge is 0.232 e. The molecule has 1 atom stereocenters. The molecule has 10 heteroatoms. The first kappa shape index (κ1) is 33.9. The van der Waals surface area contributed by atoms with E-state index in [4.69, 9.17) is 19.7 Å². The lowest BCUT2D eigenvalue weighted by atomic mass is 9.92. The van der Waals surface area contributed by atoms with E-state index in [0.29, 0.717) is 24.9 Å². The van der Waals surface area contributed by atoms with Crippen LogP contribution >= 0.6 is 0 Å². The number of benzene rings is 3. The van der Waals surface area contributed by atoms with Crippen molar-refractivity contribution in [3.05, 3.63) is 115 Å². The van der Waals surface area contributed by atoms with Crippen molar-refractivity contribution in [2.75, 3.05) is 17.2 Å². The maximum absolute atomic E-state index is 12.0. The van der Waals surface area contributed by atoms with Crippen LogP contribution in [0.25, 0.3) is 27.7 Å². The summed E-state index contributed by atoms with van der Waals surface area (Å²) in [6.07, 6.45) is 7.56. The second kappa shape index (κ2) is 14.3. The minimum absolute atomic E-state index is 0.00541. The van der Waals surface area contributed by atoms with E-state index < -0.39 is 0 Å². The Kier molecular flexibility index (Phi) is 9.51. The predicted molar refractivity (Wildman–Crippen MR) is 204 cm³/mol. The van der Waals surface area contributed by atoms with E-state index in [0.717, 1.165) is 75.2 Å². The van der Waals surface area contributed by atoms with Gasteiger partial charge in [0.1, 0.15) is 11.9 Å². The summed E-state index contributed by atoms with van der Waals surface area (Å²) in [7, 11) is 0. The van der Waals surface area contributed by atoms with E-state index in [1.807, 2.05) is 67.0 Å². The van der Waals surface area contributed by atoms with Crippen LogP contribution in [0.1, 0.15) is 63.1 Å². The maximum atomic E-state index is 12.0. The lowest BCUT2D eigenvalue weighted by Gasteiger charge is -2.35. The molecule has 0 saturated carbocycles. The van der Waals surface area contributed by atoms with Gasteiger partial charge in [-0.3, -0.25) is 9.78 Å². The van der Waals surface area contributed by atoms with Crippen LogP contribution in [0, 0.1) is 0 Å². The number of anilines is 3. The first-order valence-corrected chi connectivity index (χ1v) is 17.6. The van der Waals surface area contributed by atoms with E-state index in [9.17, 15) is 4.79 Å². The molecular weight excluding hydrogens is 637 g/mol. The molecule has 3 aromatic carbocycles. The van der Waals surface area contributed by atoms with Gasteiger partial charge in [0, 0.05) is 59.5 Å². The Balaban J connectivity index is 1.16. The second-order valence-electron chi connectivity index (χ2n) is 14.1. The van der Waals surface area contributed by atoms with E-state index in [-0.39, 0.29) is 23.3 Å². The number of ether oxygens (including phenoxy) is 1. The highest BCUT2D eigenvalue weighted by Gasteiger charge is 2.27. The van der Waals surface area contributed by atoms with Crippen LogP contribution in [-0.4, -0.2) is 48.5 Å². The fourth-order valence-electron chi connectivity index (χ4n) is 6.55. The minimum Gasteiger partial charge on any atom is -0.489 e. The molecule has 4 heterocycles. The van der Waals surface area contributed by atoms with Crippen LogP contribution in [0.3, 0.4) is 0 Å². The van der Waals surface area contributed by atoms with Gasteiger partial charge < -0.3 is 20.7 Å². The third-order valence-electron chi connectivity index (χ3n) is 9.45. The van der Waals surface area contributed by atoms with Crippen molar-refractivity contribution < 1.29 is 9.53 Å². The first-order chi connectivity index (χ1) is 24.7. The topological polar surface area (TPSA) is 118 Å². The van der Waals surface area contributed by atoms with Gasteiger partial charge in [-0.05, 0) is 73.4 Å². The Bertz CT molecular complexity index is 2210. The number of nitrogens with zero attached hydrogens (tertiary/aromatic N) is 5. The van der Waals surface area contributed by atoms with Crippen molar-refractivity contribution in [3.8, 4) is 17.0 Å². The van der Waals surface area contributed by atoms with Gasteiger partial charge in [0.2, 0.25) is 11.9 Å². The minimum atomic E-state index is -0.00541. The van der Waals surface area contributed by atoms with Crippen molar-refractivity contribution in [3.63, 3.8) is 0 Å². The molecule has 1 unspecified atom stereocenters. The van der Waals surface area contributed by atoms with Crippen molar-refractivity contribution >= 4 is 39.8 Å². The number of hydrogen-bond donors (Lipinski definition) is 3. The van der Waals surface area contributed by atoms with Crippen LogP contribution < -0.4 is 20.7 Å². The summed E-state index contributed by atoms with van der Waals surface area (Å²) < 4.78 is 8.12. The molecule has 0 amide bonds. The number of carbonyl (C=O) groups is 1. The fraction of sp³-hybridized carbons (Fsp3) is 0.293. The summed E-state index contributed by atoms with van der Waals surface area (Å²) in [6, 6.07) is 24.2. The Morgan fingerprint density at radius 1 is 1.10 bits per heavy atom. The summed E-state index contributed by atoms with van der Waals surface area (Å²) in [6.45, 7) is 13.6. The zero-order valence-corrected chi connectivity index (χ0v) is 29.6. The number of pyridine rings is 1.